The molecule has 0 saturated heterocycles. The number of aromatic nitrogens is 2. The van der Waals surface area contributed by atoms with Crippen molar-refractivity contribution >= 4 is 33.3 Å². The van der Waals surface area contributed by atoms with E-state index in [4.69, 9.17) is 4.42 Å². The van der Waals surface area contributed by atoms with Crippen molar-refractivity contribution in [2.24, 2.45) is 0 Å². The average Bonchev–Trinajstić information content (AvgIpc) is 3.32. The average molecular weight is 379 g/mol. The molecule has 0 radical (unpaired) electrons. The van der Waals surface area contributed by atoms with Crippen LogP contribution < -0.4 is 5.56 Å². The number of para-hydroxylation sites is 1. The number of fused-ring (bicyclic) bond motifs is 1. The fourth-order valence-electron chi connectivity index (χ4n) is 2.65. The molecule has 128 valence electrons. The van der Waals surface area contributed by atoms with Gasteiger partial charge in [0.25, 0.3) is 5.56 Å². The molecule has 26 heavy (non-hydrogen) atoms. The molecular formula is C19H13N3O2S2. The van der Waals surface area contributed by atoms with E-state index in [0.717, 1.165) is 11.3 Å². The molecule has 5 nitrogen and oxygen atoms in total. The lowest BCUT2D eigenvalue weighted by Crippen LogP contribution is -2.22. The molecule has 1 aromatic carbocycles. The Morgan fingerprint density at radius 2 is 2.08 bits per heavy atom. The summed E-state index contributed by atoms with van der Waals surface area (Å²) in [5.41, 5.74) is 1.29. The van der Waals surface area contributed by atoms with Crippen LogP contribution in [0.2, 0.25) is 0 Å². The van der Waals surface area contributed by atoms with Crippen molar-refractivity contribution in [2.75, 3.05) is 0 Å². The molecule has 3 heterocycles. The molecule has 0 aliphatic rings. The number of hydrogen-bond donors (Lipinski definition) is 0. The Balaban J connectivity index is 2.03. The quantitative estimate of drug-likeness (QED) is 0.379. The molecule has 0 fully saturated rings. The molecule has 0 saturated carbocycles. The number of hydrogen-bond acceptors (Lipinski definition) is 6. The van der Waals surface area contributed by atoms with E-state index in [1.165, 1.54) is 23.1 Å². The van der Waals surface area contributed by atoms with Crippen molar-refractivity contribution in [2.45, 2.75) is 17.3 Å². The van der Waals surface area contributed by atoms with Gasteiger partial charge in [0, 0.05) is 10.9 Å². The van der Waals surface area contributed by atoms with Crippen LogP contribution in [0.4, 0.5) is 0 Å². The molecule has 0 bridgehead atoms. The third kappa shape index (κ3) is 2.83. The molecule has 0 spiro atoms. The van der Waals surface area contributed by atoms with Gasteiger partial charge in [-0.3, -0.25) is 9.36 Å². The Labute approximate surface area is 157 Å². The highest BCUT2D eigenvalue weighted by Crippen LogP contribution is 2.33. The normalized spacial score (nSPS) is 12.2. The standard InChI is InChI=1S/C19H13N3O2S2/c1-12(10-20)26-19-21-17-16(14(11-25-17)15-8-5-9-24-15)18(23)22(19)13-6-3-2-4-7-13/h2-9,11-12H,1H3/t12-/m0/s1. The zero-order chi connectivity index (χ0) is 18.1. The Kier molecular flexibility index (Phi) is 4.37. The van der Waals surface area contributed by atoms with Crippen LogP contribution in [0.3, 0.4) is 0 Å². The van der Waals surface area contributed by atoms with Crippen molar-refractivity contribution in [3.63, 3.8) is 0 Å². The minimum Gasteiger partial charge on any atom is -0.464 e. The van der Waals surface area contributed by atoms with Gasteiger partial charge in [0.1, 0.15) is 10.6 Å². The van der Waals surface area contributed by atoms with E-state index in [9.17, 15) is 10.1 Å². The van der Waals surface area contributed by atoms with Gasteiger partial charge in [-0.05, 0) is 31.2 Å². The zero-order valence-electron chi connectivity index (χ0n) is 13.7. The molecule has 4 rings (SSSR count). The van der Waals surface area contributed by atoms with Gasteiger partial charge >= 0.3 is 0 Å². The first-order valence-electron chi connectivity index (χ1n) is 7.89. The van der Waals surface area contributed by atoms with Crippen molar-refractivity contribution in [1.82, 2.24) is 9.55 Å². The predicted molar refractivity (Wildman–Crippen MR) is 104 cm³/mol. The highest BCUT2D eigenvalue weighted by Gasteiger charge is 2.20. The smallest absolute Gasteiger partial charge is 0.268 e. The van der Waals surface area contributed by atoms with Gasteiger partial charge in [-0.1, -0.05) is 30.0 Å². The highest BCUT2D eigenvalue weighted by atomic mass is 32.2. The van der Waals surface area contributed by atoms with E-state index in [2.05, 4.69) is 11.1 Å². The van der Waals surface area contributed by atoms with Crippen LogP contribution in [-0.2, 0) is 0 Å². The Morgan fingerprint density at radius 1 is 1.27 bits per heavy atom. The second-order valence-electron chi connectivity index (χ2n) is 5.57. The summed E-state index contributed by atoms with van der Waals surface area (Å²) in [5.74, 6) is 0.639. The first kappa shape index (κ1) is 16.6. The maximum absolute atomic E-state index is 13.4. The van der Waals surface area contributed by atoms with Crippen LogP contribution in [0.25, 0.3) is 27.2 Å². The number of nitriles is 1. The first-order chi connectivity index (χ1) is 12.7. The Hall–Kier alpha value is -2.82. The van der Waals surface area contributed by atoms with E-state index in [1.54, 1.807) is 23.8 Å². The van der Waals surface area contributed by atoms with E-state index in [0.29, 0.717) is 21.1 Å². The fraction of sp³-hybridized carbons (Fsp3) is 0.105. The summed E-state index contributed by atoms with van der Waals surface area (Å²) < 4.78 is 7.05. The molecule has 3 aromatic heterocycles. The largest absolute Gasteiger partial charge is 0.464 e. The fourth-order valence-corrected chi connectivity index (χ4v) is 4.44. The lowest BCUT2D eigenvalue weighted by atomic mass is 10.2. The molecule has 0 aliphatic heterocycles. The van der Waals surface area contributed by atoms with E-state index in [-0.39, 0.29) is 10.8 Å². The Bertz CT molecular complexity index is 1160. The molecular weight excluding hydrogens is 366 g/mol. The van der Waals surface area contributed by atoms with Crippen LogP contribution in [0.15, 0.2) is 68.5 Å². The van der Waals surface area contributed by atoms with Crippen molar-refractivity contribution in [1.29, 1.82) is 5.26 Å². The number of thiophene rings is 1. The summed E-state index contributed by atoms with van der Waals surface area (Å²) in [4.78, 5) is 18.7. The third-order valence-corrected chi connectivity index (χ3v) is 5.66. The van der Waals surface area contributed by atoms with Crippen molar-refractivity contribution < 1.29 is 4.42 Å². The monoisotopic (exact) mass is 379 g/mol. The van der Waals surface area contributed by atoms with Gasteiger partial charge in [0.05, 0.1) is 28.7 Å². The van der Waals surface area contributed by atoms with Gasteiger partial charge in [0.2, 0.25) is 0 Å². The van der Waals surface area contributed by atoms with Gasteiger partial charge in [0.15, 0.2) is 5.16 Å². The minimum absolute atomic E-state index is 0.165. The maximum Gasteiger partial charge on any atom is 0.268 e. The lowest BCUT2D eigenvalue weighted by molar-refractivity contribution is 0.583. The molecule has 0 N–H and O–H groups in total. The van der Waals surface area contributed by atoms with Gasteiger partial charge in [-0.15, -0.1) is 11.3 Å². The van der Waals surface area contributed by atoms with Crippen molar-refractivity contribution in [3.8, 4) is 23.1 Å². The molecule has 0 unspecified atom stereocenters. The molecule has 0 aliphatic carbocycles. The van der Waals surface area contributed by atoms with Crippen molar-refractivity contribution in [3.05, 3.63) is 64.5 Å². The molecule has 7 heteroatoms. The topological polar surface area (TPSA) is 71.8 Å². The lowest BCUT2D eigenvalue weighted by Gasteiger charge is -2.13. The van der Waals surface area contributed by atoms with Crippen LogP contribution in [0.5, 0.6) is 0 Å². The summed E-state index contributed by atoms with van der Waals surface area (Å²) >= 11 is 2.67. The van der Waals surface area contributed by atoms with Gasteiger partial charge in [-0.25, -0.2) is 4.98 Å². The van der Waals surface area contributed by atoms with E-state index in [1.807, 2.05) is 41.8 Å². The van der Waals surface area contributed by atoms with E-state index < -0.39 is 0 Å². The summed E-state index contributed by atoms with van der Waals surface area (Å²) in [5, 5.41) is 11.8. The zero-order valence-corrected chi connectivity index (χ0v) is 15.4. The second kappa shape index (κ2) is 6.83. The number of rotatable bonds is 4. The predicted octanol–water partition coefficient (Wildman–Crippen LogP) is 4.71. The number of nitrogens with zero attached hydrogens (tertiary/aromatic N) is 3. The third-order valence-electron chi connectivity index (χ3n) is 3.84. The van der Waals surface area contributed by atoms with Gasteiger partial charge < -0.3 is 4.42 Å². The Morgan fingerprint density at radius 3 is 2.77 bits per heavy atom. The summed E-state index contributed by atoms with van der Waals surface area (Å²) in [6.07, 6.45) is 1.58. The molecule has 0 amide bonds. The number of thioether (sulfide) groups is 1. The van der Waals surface area contributed by atoms with Crippen LogP contribution in [0, 0.1) is 11.3 Å². The number of benzene rings is 1. The van der Waals surface area contributed by atoms with Crippen LogP contribution in [0.1, 0.15) is 6.92 Å². The summed E-state index contributed by atoms with van der Waals surface area (Å²) in [6, 6.07) is 15.1. The van der Waals surface area contributed by atoms with Crippen LogP contribution >= 0.6 is 23.1 Å². The highest BCUT2D eigenvalue weighted by molar-refractivity contribution is 8.00. The maximum atomic E-state index is 13.4. The molecule has 1 atom stereocenters. The minimum atomic E-state index is -0.321. The summed E-state index contributed by atoms with van der Waals surface area (Å²) in [7, 11) is 0. The molecule has 4 aromatic rings. The SMILES string of the molecule is C[C@@H](C#N)Sc1nc2scc(-c3ccco3)c2c(=O)n1-c1ccccc1. The second-order valence-corrected chi connectivity index (χ2v) is 7.73. The number of furan rings is 1. The van der Waals surface area contributed by atoms with Gasteiger partial charge in [-0.2, -0.15) is 5.26 Å². The summed E-state index contributed by atoms with van der Waals surface area (Å²) in [6.45, 7) is 1.79. The van der Waals surface area contributed by atoms with E-state index >= 15 is 0 Å². The van der Waals surface area contributed by atoms with Crippen LogP contribution in [-0.4, -0.2) is 14.8 Å². The first-order valence-corrected chi connectivity index (χ1v) is 9.65.